The first-order valence-corrected chi connectivity index (χ1v) is 12.1. The summed E-state index contributed by atoms with van der Waals surface area (Å²) in [4.78, 5) is 27.4. The third kappa shape index (κ3) is 5.05. The van der Waals surface area contributed by atoms with E-state index in [0.29, 0.717) is 15.9 Å². The average Bonchev–Trinajstić information content (AvgIpc) is 3.21. The summed E-state index contributed by atoms with van der Waals surface area (Å²) in [6, 6.07) is 5.64. The van der Waals surface area contributed by atoms with Crippen molar-refractivity contribution >= 4 is 15.9 Å². The molecule has 0 unspecified atom stereocenters. The average molecular weight is 537 g/mol. The van der Waals surface area contributed by atoms with Gasteiger partial charge in [0.05, 0.1) is 22.8 Å². The highest BCUT2D eigenvalue weighted by atomic mass is 79.9. The Morgan fingerprint density at radius 2 is 1.77 bits per heavy atom. The van der Waals surface area contributed by atoms with Crippen LogP contribution in [0.1, 0.15) is 49.1 Å². The molecule has 0 aliphatic rings. The van der Waals surface area contributed by atoms with E-state index in [2.05, 4.69) is 51.8 Å². The van der Waals surface area contributed by atoms with E-state index in [-0.39, 0.29) is 17.6 Å². The van der Waals surface area contributed by atoms with Crippen molar-refractivity contribution in [2.75, 3.05) is 0 Å². The molecule has 4 aromatic rings. The number of halogens is 1. The van der Waals surface area contributed by atoms with Crippen LogP contribution >= 0.6 is 15.9 Å². The number of ether oxygens (including phenoxy) is 1. The zero-order chi connectivity index (χ0) is 25.5. The van der Waals surface area contributed by atoms with Crippen LogP contribution in [0.4, 0.5) is 0 Å². The van der Waals surface area contributed by atoms with Gasteiger partial charge in [0.25, 0.3) is 5.56 Å². The van der Waals surface area contributed by atoms with Crippen LogP contribution in [0.2, 0.25) is 0 Å². The fraction of sp³-hybridized carbons (Fsp3) is 0.346. The Bertz CT molecular complexity index is 1470. The van der Waals surface area contributed by atoms with Gasteiger partial charge in [0.2, 0.25) is 0 Å². The summed E-state index contributed by atoms with van der Waals surface area (Å²) in [7, 11) is 1.85. The molecule has 35 heavy (non-hydrogen) atoms. The molecule has 0 aliphatic heterocycles. The van der Waals surface area contributed by atoms with Crippen molar-refractivity contribution in [1.82, 2.24) is 29.3 Å². The van der Waals surface area contributed by atoms with E-state index in [1.54, 1.807) is 15.4 Å². The molecule has 0 N–H and O–H groups in total. The Morgan fingerprint density at radius 1 is 1.06 bits per heavy atom. The van der Waals surface area contributed by atoms with Crippen LogP contribution in [0, 0.1) is 20.8 Å². The second-order valence-corrected chi connectivity index (χ2v) is 10.5. The highest BCUT2D eigenvalue weighted by molar-refractivity contribution is 9.10. The lowest BCUT2D eigenvalue weighted by Crippen LogP contribution is -2.23. The molecule has 4 rings (SSSR count). The summed E-state index contributed by atoms with van der Waals surface area (Å²) in [5, 5.41) is 4.32. The second-order valence-electron chi connectivity index (χ2n) is 9.71. The van der Waals surface area contributed by atoms with Gasteiger partial charge in [-0.25, -0.2) is 9.97 Å². The van der Waals surface area contributed by atoms with Gasteiger partial charge in [0, 0.05) is 42.8 Å². The van der Waals surface area contributed by atoms with Crippen molar-refractivity contribution in [2.45, 2.75) is 53.6 Å². The number of hydrogen-bond acceptors (Lipinski definition) is 6. The monoisotopic (exact) mass is 536 g/mol. The van der Waals surface area contributed by atoms with Gasteiger partial charge < -0.3 is 4.74 Å². The van der Waals surface area contributed by atoms with Gasteiger partial charge in [0.15, 0.2) is 0 Å². The van der Waals surface area contributed by atoms with Crippen molar-refractivity contribution in [2.24, 2.45) is 7.05 Å². The van der Waals surface area contributed by atoms with E-state index >= 15 is 0 Å². The predicted molar refractivity (Wildman–Crippen MR) is 139 cm³/mol. The molecule has 9 heteroatoms. The van der Waals surface area contributed by atoms with Gasteiger partial charge >= 0.3 is 0 Å². The first-order valence-electron chi connectivity index (χ1n) is 11.3. The van der Waals surface area contributed by atoms with E-state index < -0.39 is 0 Å². The van der Waals surface area contributed by atoms with Gasteiger partial charge in [-0.3, -0.25) is 19.0 Å². The molecule has 0 radical (unpaired) electrons. The second kappa shape index (κ2) is 9.37. The fourth-order valence-electron chi connectivity index (χ4n) is 3.72. The third-order valence-corrected chi connectivity index (χ3v) is 6.38. The lowest BCUT2D eigenvalue weighted by molar-refractivity contribution is 0.296. The maximum absolute atomic E-state index is 13.4. The molecular formula is C26H29BrN6O2. The Labute approximate surface area is 213 Å². The first-order chi connectivity index (χ1) is 16.5. The highest BCUT2D eigenvalue weighted by Crippen LogP contribution is 2.29. The van der Waals surface area contributed by atoms with E-state index in [9.17, 15) is 4.79 Å². The maximum atomic E-state index is 13.4. The maximum Gasteiger partial charge on any atom is 0.273 e. The van der Waals surface area contributed by atoms with E-state index in [1.165, 1.54) is 0 Å². The van der Waals surface area contributed by atoms with Gasteiger partial charge in [0.1, 0.15) is 22.7 Å². The predicted octanol–water partition coefficient (Wildman–Crippen LogP) is 4.99. The van der Waals surface area contributed by atoms with Crippen molar-refractivity contribution in [1.29, 1.82) is 0 Å². The fourth-order valence-corrected chi connectivity index (χ4v) is 4.13. The number of rotatable bonds is 5. The van der Waals surface area contributed by atoms with Crippen molar-refractivity contribution < 1.29 is 4.74 Å². The topological polar surface area (TPSA) is 87.7 Å². The minimum Gasteiger partial charge on any atom is -0.486 e. The summed E-state index contributed by atoms with van der Waals surface area (Å²) in [5.41, 5.74) is 5.09. The van der Waals surface area contributed by atoms with E-state index in [0.717, 1.165) is 39.7 Å². The molecule has 0 saturated carbocycles. The number of aryl methyl sites for hydroxylation is 4. The lowest BCUT2D eigenvalue weighted by Gasteiger charge is -2.19. The molecular weight excluding hydrogens is 508 g/mol. The van der Waals surface area contributed by atoms with E-state index in [1.807, 2.05) is 58.4 Å². The van der Waals surface area contributed by atoms with Crippen LogP contribution in [0.15, 0.2) is 46.1 Å². The standard InChI is InChI=1S/C26H29BrN6O2/c1-15-12-28-19(23-16(2)13-29-25(30-23)26(4,5)6)11-20(15)33-17(3)10-21(22(27)24(33)34)35-14-18-8-9-32(7)31-18/h8-13H,14H2,1-7H3. The van der Waals surface area contributed by atoms with Gasteiger partial charge in [-0.05, 0) is 60.0 Å². The summed E-state index contributed by atoms with van der Waals surface area (Å²) < 4.78 is 9.64. The zero-order valence-electron chi connectivity index (χ0n) is 21.0. The Hall–Kier alpha value is -3.33. The van der Waals surface area contributed by atoms with Crippen molar-refractivity contribution in [3.05, 3.63) is 80.0 Å². The largest absolute Gasteiger partial charge is 0.486 e. The van der Waals surface area contributed by atoms with Gasteiger partial charge in [-0.15, -0.1) is 0 Å². The first kappa shape index (κ1) is 24.8. The zero-order valence-corrected chi connectivity index (χ0v) is 22.6. The number of aromatic nitrogens is 6. The van der Waals surface area contributed by atoms with Crippen molar-refractivity contribution in [3.8, 4) is 22.8 Å². The summed E-state index contributed by atoms with van der Waals surface area (Å²) >= 11 is 3.45. The lowest BCUT2D eigenvalue weighted by atomic mass is 9.95. The molecule has 0 fully saturated rings. The summed E-state index contributed by atoms with van der Waals surface area (Å²) in [6.45, 7) is 12.3. The summed E-state index contributed by atoms with van der Waals surface area (Å²) in [5.74, 6) is 1.22. The molecule has 182 valence electrons. The molecule has 4 heterocycles. The number of nitrogens with zero attached hydrogens (tertiary/aromatic N) is 6. The molecule has 0 aromatic carbocycles. The van der Waals surface area contributed by atoms with Gasteiger partial charge in [-0.2, -0.15) is 5.10 Å². The van der Waals surface area contributed by atoms with Gasteiger partial charge in [-0.1, -0.05) is 20.8 Å². The van der Waals surface area contributed by atoms with Crippen LogP contribution < -0.4 is 10.3 Å². The highest BCUT2D eigenvalue weighted by Gasteiger charge is 2.21. The normalized spacial score (nSPS) is 11.7. The van der Waals surface area contributed by atoms with Crippen LogP contribution in [-0.2, 0) is 19.1 Å². The van der Waals surface area contributed by atoms with Crippen LogP contribution in [0.5, 0.6) is 5.75 Å². The van der Waals surface area contributed by atoms with Crippen LogP contribution in [-0.4, -0.2) is 29.3 Å². The summed E-state index contributed by atoms with van der Waals surface area (Å²) in [6.07, 6.45) is 5.45. The molecule has 0 spiro atoms. The molecule has 4 aromatic heterocycles. The number of pyridine rings is 2. The molecule has 0 bridgehead atoms. The minimum atomic E-state index is -0.212. The molecule has 0 amide bonds. The molecule has 8 nitrogen and oxygen atoms in total. The molecule has 0 aliphatic carbocycles. The Balaban J connectivity index is 1.76. The number of hydrogen-bond donors (Lipinski definition) is 0. The van der Waals surface area contributed by atoms with Crippen molar-refractivity contribution in [3.63, 3.8) is 0 Å². The van der Waals surface area contributed by atoms with Crippen LogP contribution in [0.25, 0.3) is 17.1 Å². The third-order valence-electron chi connectivity index (χ3n) is 5.65. The SMILES string of the molecule is Cc1cnc(-c2nc(C(C)(C)C)ncc2C)cc1-n1c(C)cc(OCc2ccn(C)n2)c(Br)c1=O. The Kier molecular flexibility index (Phi) is 6.64. The van der Waals surface area contributed by atoms with Crippen LogP contribution in [0.3, 0.4) is 0 Å². The molecule has 0 atom stereocenters. The van der Waals surface area contributed by atoms with E-state index in [4.69, 9.17) is 9.72 Å². The quantitative estimate of drug-likeness (QED) is 0.357. The minimum absolute atomic E-state index is 0.195. The molecule has 0 saturated heterocycles. The Morgan fingerprint density at radius 3 is 2.43 bits per heavy atom. The smallest absolute Gasteiger partial charge is 0.273 e.